The second-order valence-electron chi connectivity index (χ2n) is 2.75. The Morgan fingerprint density at radius 3 is 2.77 bits per heavy atom. The summed E-state index contributed by atoms with van der Waals surface area (Å²) in [6.45, 7) is 1.91. The molecular formula is C10H13NO2. The average molecular weight is 179 g/mol. The van der Waals surface area contributed by atoms with Crippen molar-refractivity contribution in [1.82, 2.24) is 5.32 Å². The molecule has 1 amide bonds. The molecule has 0 spiro atoms. The van der Waals surface area contributed by atoms with E-state index >= 15 is 0 Å². The van der Waals surface area contributed by atoms with Gasteiger partial charge < -0.3 is 10.1 Å². The zero-order valence-corrected chi connectivity index (χ0v) is 7.78. The van der Waals surface area contributed by atoms with E-state index in [0.29, 0.717) is 6.41 Å². The number of rotatable bonds is 4. The van der Waals surface area contributed by atoms with E-state index in [1.54, 1.807) is 7.11 Å². The maximum atomic E-state index is 10.2. The van der Waals surface area contributed by atoms with Crippen LogP contribution in [0.5, 0.6) is 5.75 Å². The Balaban J connectivity index is 2.91. The summed E-state index contributed by atoms with van der Waals surface area (Å²) < 4.78 is 5.16. The van der Waals surface area contributed by atoms with Gasteiger partial charge in [0.1, 0.15) is 5.75 Å². The lowest BCUT2D eigenvalue weighted by molar-refractivity contribution is -0.110. The van der Waals surface area contributed by atoms with Gasteiger partial charge in [-0.05, 0) is 13.0 Å². The first kappa shape index (κ1) is 9.58. The SMILES string of the molecule is COc1ccccc1[C@@H](C)NC=O. The van der Waals surface area contributed by atoms with Crippen LogP contribution in [0.3, 0.4) is 0 Å². The first-order chi connectivity index (χ1) is 6.29. The van der Waals surface area contributed by atoms with Gasteiger partial charge in [-0.25, -0.2) is 0 Å². The summed E-state index contributed by atoms with van der Waals surface area (Å²) in [5, 5.41) is 2.68. The number of hydrogen-bond acceptors (Lipinski definition) is 2. The Labute approximate surface area is 77.7 Å². The van der Waals surface area contributed by atoms with Crippen molar-refractivity contribution in [3.8, 4) is 5.75 Å². The summed E-state index contributed by atoms with van der Waals surface area (Å²) >= 11 is 0. The van der Waals surface area contributed by atoms with E-state index in [1.807, 2.05) is 31.2 Å². The highest BCUT2D eigenvalue weighted by Gasteiger charge is 2.08. The molecule has 0 bridgehead atoms. The highest BCUT2D eigenvalue weighted by atomic mass is 16.5. The second kappa shape index (κ2) is 4.50. The molecule has 0 saturated carbocycles. The van der Waals surface area contributed by atoms with E-state index in [0.717, 1.165) is 11.3 Å². The van der Waals surface area contributed by atoms with Gasteiger partial charge in [-0.1, -0.05) is 18.2 Å². The maximum Gasteiger partial charge on any atom is 0.207 e. The van der Waals surface area contributed by atoms with Crippen LogP contribution in [0.2, 0.25) is 0 Å². The van der Waals surface area contributed by atoms with Crippen LogP contribution in [0.25, 0.3) is 0 Å². The lowest BCUT2D eigenvalue weighted by Crippen LogP contribution is -2.16. The molecule has 0 aliphatic rings. The van der Waals surface area contributed by atoms with Gasteiger partial charge in [0, 0.05) is 5.56 Å². The summed E-state index contributed by atoms with van der Waals surface area (Å²) in [4.78, 5) is 10.2. The number of hydrogen-bond donors (Lipinski definition) is 1. The molecular weight excluding hydrogens is 166 g/mol. The molecule has 0 saturated heterocycles. The number of nitrogens with one attached hydrogen (secondary N) is 1. The van der Waals surface area contributed by atoms with Crippen LogP contribution in [0.1, 0.15) is 18.5 Å². The molecule has 0 aromatic heterocycles. The Morgan fingerprint density at radius 2 is 2.15 bits per heavy atom. The smallest absolute Gasteiger partial charge is 0.207 e. The minimum Gasteiger partial charge on any atom is -0.496 e. The Kier molecular flexibility index (Phi) is 3.31. The number of ether oxygens (including phenoxy) is 1. The largest absolute Gasteiger partial charge is 0.496 e. The Morgan fingerprint density at radius 1 is 1.46 bits per heavy atom. The van der Waals surface area contributed by atoms with Crippen molar-refractivity contribution in [1.29, 1.82) is 0 Å². The quantitative estimate of drug-likeness (QED) is 0.711. The van der Waals surface area contributed by atoms with Crippen LogP contribution >= 0.6 is 0 Å². The van der Waals surface area contributed by atoms with Gasteiger partial charge in [0.25, 0.3) is 0 Å². The molecule has 13 heavy (non-hydrogen) atoms. The van der Waals surface area contributed by atoms with E-state index in [9.17, 15) is 4.79 Å². The predicted octanol–water partition coefficient (Wildman–Crippen LogP) is 1.50. The molecule has 0 heterocycles. The molecule has 1 aromatic rings. The van der Waals surface area contributed by atoms with E-state index < -0.39 is 0 Å². The number of benzene rings is 1. The third-order valence-electron chi connectivity index (χ3n) is 1.92. The first-order valence-corrected chi connectivity index (χ1v) is 4.12. The van der Waals surface area contributed by atoms with Gasteiger partial charge in [-0.15, -0.1) is 0 Å². The van der Waals surface area contributed by atoms with Crippen molar-refractivity contribution in [3.05, 3.63) is 29.8 Å². The monoisotopic (exact) mass is 179 g/mol. The molecule has 0 radical (unpaired) electrons. The van der Waals surface area contributed by atoms with E-state index in [4.69, 9.17) is 4.74 Å². The normalized spacial score (nSPS) is 11.8. The zero-order valence-electron chi connectivity index (χ0n) is 7.78. The molecule has 1 rings (SSSR count). The lowest BCUT2D eigenvalue weighted by atomic mass is 10.1. The molecule has 70 valence electrons. The molecule has 1 atom stereocenters. The van der Waals surface area contributed by atoms with Crippen LogP contribution in [0.15, 0.2) is 24.3 Å². The van der Waals surface area contributed by atoms with Crippen molar-refractivity contribution >= 4 is 6.41 Å². The topological polar surface area (TPSA) is 38.3 Å². The molecule has 1 aromatic carbocycles. The fourth-order valence-electron chi connectivity index (χ4n) is 1.22. The predicted molar refractivity (Wildman–Crippen MR) is 50.6 cm³/mol. The van der Waals surface area contributed by atoms with Gasteiger partial charge in [-0.2, -0.15) is 0 Å². The minimum absolute atomic E-state index is 0.0198. The van der Waals surface area contributed by atoms with Crippen LogP contribution in [0, 0.1) is 0 Å². The highest BCUT2D eigenvalue weighted by molar-refractivity contribution is 5.49. The van der Waals surface area contributed by atoms with Crippen LogP contribution in [0.4, 0.5) is 0 Å². The molecule has 0 aliphatic carbocycles. The van der Waals surface area contributed by atoms with Crippen molar-refractivity contribution < 1.29 is 9.53 Å². The molecule has 0 fully saturated rings. The summed E-state index contributed by atoms with van der Waals surface area (Å²) in [7, 11) is 1.62. The minimum atomic E-state index is -0.0198. The number of carbonyl (C=O) groups is 1. The Hall–Kier alpha value is -1.51. The standard InChI is InChI=1S/C10H13NO2/c1-8(11-7-12)9-5-3-4-6-10(9)13-2/h3-8H,1-2H3,(H,11,12)/t8-/m1/s1. The van der Waals surface area contributed by atoms with Gasteiger partial charge in [-0.3, -0.25) is 4.79 Å². The van der Waals surface area contributed by atoms with Gasteiger partial charge in [0.15, 0.2) is 0 Å². The van der Waals surface area contributed by atoms with Crippen molar-refractivity contribution in [3.63, 3.8) is 0 Å². The van der Waals surface area contributed by atoms with Crippen LogP contribution in [-0.2, 0) is 4.79 Å². The van der Waals surface area contributed by atoms with Crippen molar-refractivity contribution in [2.75, 3.05) is 7.11 Å². The first-order valence-electron chi connectivity index (χ1n) is 4.12. The van der Waals surface area contributed by atoms with E-state index in [2.05, 4.69) is 5.32 Å². The third kappa shape index (κ3) is 2.21. The van der Waals surface area contributed by atoms with Gasteiger partial charge in [0.05, 0.1) is 13.2 Å². The van der Waals surface area contributed by atoms with E-state index in [-0.39, 0.29) is 6.04 Å². The summed E-state index contributed by atoms with van der Waals surface area (Å²) in [5.74, 6) is 0.796. The average Bonchev–Trinajstić information content (AvgIpc) is 2.18. The molecule has 0 unspecified atom stereocenters. The fourth-order valence-corrected chi connectivity index (χ4v) is 1.22. The summed E-state index contributed by atoms with van der Waals surface area (Å²) in [5.41, 5.74) is 0.983. The van der Waals surface area contributed by atoms with Gasteiger partial charge in [0.2, 0.25) is 6.41 Å². The molecule has 3 nitrogen and oxygen atoms in total. The lowest BCUT2D eigenvalue weighted by Gasteiger charge is -2.14. The van der Waals surface area contributed by atoms with Crippen LogP contribution < -0.4 is 10.1 Å². The molecule has 0 aliphatic heterocycles. The fraction of sp³-hybridized carbons (Fsp3) is 0.300. The molecule has 3 heteroatoms. The third-order valence-corrected chi connectivity index (χ3v) is 1.92. The number of carbonyl (C=O) groups excluding carboxylic acids is 1. The van der Waals surface area contributed by atoms with Crippen molar-refractivity contribution in [2.45, 2.75) is 13.0 Å². The molecule has 1 N–H and O–H groups in total. The van der Waals surface area contributed by atoms with Crippen molar-refractivity contribution in [2.24, 2.45) is 0 Å². The number of amides is 1. The second-order valence-corrected chi connectivity index (χ2v) is 2.75. The zero-order chi connectivity index (χ0) is 9.68. The van der Waals surface area contributed by atoms with E-state index in [1.165, 1.54) is 0 Å². The highest BCUT2D eigenvalue weighted by Crippen LogP contribution is 2.23. The van der Waals surface area contributed by atoms with Gasteiger partial charge >= 0.3 is 0 Å². The summed E-state index contributed by atoms with van der Waals surface area (Å²) in [6.07, 6.45) is 0.692. The maximum absolute atomic E-state index is 10.2. The Bertz CT molecular complexity index is 286. The number of methoxy groups -OCH3 is 1. The van der Waals surface area contributed by atoms with Crippen LogP contribution in [-0.4, -0.2) is 13.5 Å². The summed E-state index contributed by atoms with van der Waals surface area (Å²) in [6, 6.07) is 7.60. The number of para-hydroxylation sites is 1.